The molecule has 2 unspecified atom stereocenters. The fourth-order valence-corrected chi connectivity index (χ4v) is 1.95. The number of rotatable bonds is 6. The molecule has 10 nitrogen and oxygen atoms in total. The summed E-state index contributed by atoms with van der Waals surface area (Å²) in [5.41, 5.74) is -0.708. The number of aliphatic imine (C=N–C) groups is 1. The highest BCUT2D eigenvalue weighted by Crippen LogP contribution is 2.16. The number of carboxylic acids is 4. The maximum Gasteiger partial charge on any atom is 0.352 e. The number of nitrogens with zero attached hydrogens (tertiary/aromatic N) is 2. The molecule has 0 aliphatic carbocycles. The highest BCUT2D eigenvalue weighted by Gasteiger charge is 2.43. The number of hydrogen-bond acceptors (Lipinski definition) is 6. The van der Waals surface area contributed by atoms with E-state index in [1.54, 1.807) is 0 Å². The molecule has 0 aromatic rings. The summed E-state index contributed by atoms with van der Waals surface area (Å²) in [4.78, 5) is 48.2. The van der Waals surface area contributed by atoms with Gasteiger partial charge < -0.3 is 20.4 Å². The Kier molecular flexibility index (Phi) is 4.75. The van der Waals surface area contributed by atoms with E-state index in [2.05, 4.69) is 4.99 Å². The zero-order chi connectivity index (χ0) is 15.4. The lowest BCUT2D eigenvalue weighted by Crippen LogP contribution is -2.59. The molecule has 1 heterocycles. The fourth-order valence-electron chi connectivity index (χ4n) is 1.95. The molecule has 0 aromatic carbocycles. The van der Waals surface area contributed by atoms with Crippen LogP contribution in [0.25, 0.3) is 0 Å². The summed E-state index contributed by atoms with van der Waals surface area (Å²) in [5.74, 6) is -6.14. The Morgan fingerprint density at radius 3 is 2.20 bits per heavy atom. The third-order valence-electron chi connectivity index (χ3n) is 2.74. The van der Waals surface area contributed by atoms with Gasteiger partial charge in [0.2, 0.25) is 0 Å². The SMILES string of the molecule is O=C(O)CC(C(=O)O)N1CCN=C(C(=O)O)C1C(=O)O. The second-order valence-corrected chi connectivity index (χ2v) is 4.00. The predicted octanol–water partition coefficient (Wildman–Crippen LogP) is -1.79. The molecule has 0 aromatic heterocycles. The molecule has 0 saturated heterocycles. The lowest BCUT2D eigenvalue weighted by atomic mass is 10.0. The Bertz CT molecular complexity index is 486. The lowest BCUT2D eigenvalue weighted by molar-refractivity contribution is -0.154. The van der Waals surface area contributed by atoms with E-state index in [4.69, 9.17) is 20.4 Å². The Morgan fingerprint density at radius 2 is 1.80 bits per heavy atom. The van der Waals surface area contributed by atoms with Gasteiger partial charge in [-0.3, -0.25) is 24.3 Å². The van der Waals surface area contributed by atoms with E-state index >= 15 is 0 Å². The first-order valence-corrected chi connectivity index (χ1v) is 5.46. The Hall–Kier alpha value is -2.49. The van der Waals surface area contributed by atoms with Crippen molar-refractivity contribution >= 4 is 29.6 Å². The van der Waals surface area contributed by atoms with Crippen molar-refractivity contribution in [2.75, 3.05) is 13.1 Å². The first kappa shape index (κ1) is 15.6. The Morgan fingerprint density at radius 1 is 1.20 bits per heavy atom. The standard InChI is InChI=1S/C10H12N2O8/c13-5(14)3-4(8(15)16)12-2-1-11-6(9(17)18)7(12)10(19)20/h4,7H,1-3H2,(H,13,14)(H,15,16)(H,17,18)(H,19,20). The van der Waals surface area contributed by atoms with Gasteiger partial charge in [0.25, 0.3) is 0 Å². The zero-order valence-corrected chi connectivity index (χ0v) is 10.1. The molecular weight excluding hydrogens is 276 g/mol. The van der Waals surface area contributed by atoms with Crippen molar-refractivity contribution in [2.45, 2.75) is 18.5 Å². The molecule has 1 rings (SSSR count). The molecule has 0 bridgehead atoms. The minimum Gasteiger partial charge on any atom is -0.481 e. The summed E-state index contributed by atoms with van der Waals surface area (Å²) in [6.07, 6.45) is -0.841. The van der Waals surface area contributed by atoms with Crippen LogP contribution in [0.2, 0.25) is 0 Å². The molecule has 0 spiro atoms. The summed E-state index contributed by atoms with van der Waals surface area (Å²) in [7, 11) is 0. The van der Waals surface area contributed by atoms with Gasteiger partial charge in [-0.15, -0.1) is 0 Å². The van der Waals surface area contributed by atoms with Crippen LogP contribution in [-0.2, 0) is 19.2 Å². The smallest absolute Gasteiger partial charge is 0.352 e. The van der Waals surface area contributed by atoms with Crippen molar-refractivity contribution in [1.29, 1.82) is 0 Å². The average Bonchev–Trinajstić information content (AvgIpc) is 2.34. The molecule has 1 aliphatic rings. The van der Waals surface area contributed by atoms with Gasteiger partial charge in [0, 0.05) is 6.54 Å². The van der Waals surface area contributed by atoms with Crippen LogP contribution in [0.15, 0.2) is 4.99 Å². The van der Waals surface area contributed by atoms with Gasteiger partial charge in [0.05, 0.1) is 13.0 Å². The van der Waals surface area contributed by atoms with Gasteiger partial charge in [-0.1, -0.05) is 0 Å². The van der Waals surface area contributed by atoms with E-state index in [0.29, 0.717) is 0 Å². The van der Waals surface area contributed by atoms with Gasteiger partial charge in [-0.2, -0.15) is 0 Å². The van der Waals surface area contributed by atoms with E-state index in [9.17, 15) is 19.2 Å². The molecule has 0 saturated carbocycles. The quantitative estimate of drug-likeness (QED) is 0.441. The van der Waals surface area contributed by atoms with Crippen LogP contribution in [0.3, 0.4) is 0 Å². The highest BCUT2D eigenvalue weighted by atomic mass is 16.4. The molecule has 4 N–H and O–H groups in total. The number of carbonyl (C=O) groups is 4. The molecule has 10 heteroatoms. The third-order valence-corrected chi connectivity index (χ3v) is 2.74. The van der Waals surface area contributed by atoms with Gasteiger partial charge in [-0.25, -0.2) is 4.79 Å². The first-order chi connectivity index (χ1) is 9.25. The van der Waals surface area contributed by atoms with Gasteiger partial charge >= 0.3 is 23.9 Å². The Balaban J connectivity index is 3.16. The monoisotopic (exact) mass is 288 g/mol. The third kappa shape index (κ3) is 3.29. The van der Waals surface area contributed by atoms with Crippen LogP contribution in [0, 0.1) is 0 Å². The maximum atomic E-state index is 11.2. The number of aliphatic carboxylic acids is 4. The zero-order valence-electron chi connectivity index (χ0n) is 10.1. The molecule has 110 valence electrons. The topological polar surface area (TPSA) is 165 Å². The maximum absolute atomic E-state index is 11.2. The molecule has 0 fully saturated rings. The van der Waals surface area contributed by atoms with E-state index in [-0.39, 0.29) is 13.1 Å². The molecular formula is C10H12N2O8. The van der Waals surface area contributed by atoms with E-state index in [0.717, 1.165) is 4.90 Å². The van der Waals surface area contributed by atoms with Crippen molar-refractivity contribution in [1.82, 2.24) is 4.90 Å². The van der Waals surface area contributed by atoms with Gasteiger partial charge in [0.1, 0.15) is 11.8 Å². The second-order valence-electron chi connectivity index (χ2n) is 4.00. The first-order valence-electron chi connectivity index (χ1n) is 5.46. The normalized spacial score (nSPS) is 20.8. The van der Waals surface area contributed by atoms with Crippen molar-refractivity contribution in [2.24, 2.45) is 4.99 Å². The number of carboxylic acid groups (broad SMARTS) is 4. The van der Waals surface area contributed by atoms with Crippen molar-refractivity contribution in [3.63, 3.8) is 0 Å². The molecule has 1 aliphatic heterocycles. The fraction of sp³-hybridized carbons (Fsp3) is 0.500. The molecule has 0 radical (unpaired) electrons. The van der Waals surface area contributed by atoms with Crippen LogP contribution >= 0.6 is 0 Å². The minimum atomic E-state index is -1.79. The summed E-state index contributed by atoms with van der Waals surface area (Å²) in [6, 6.07) is -3.43. The summed E-state index contributed by atoms with van der Waals surface area (Å²) < 4.78 is 0. The lowest BCUT2D eigenvalue weighted by Gasteiger charge is -2.34. The second kappa shape index (κ2) is 6.10. The average molecular weight is 288 g/mol. The minimum absolute atomic E-state index is 0.116. The van der Waals surface area contributed by atoms with Gasteiger partial charge in [0.15, 0.2) is 6.04 Å². The summed E-state index contributed by atoms with van der Waals surface area (Å²) in [6.45, 7) is -0.271. The van der Waals surface area contributed by atoms with Crippen LogP contribution < -0.4 is 0 Å². The van der Waals surface area contributed by atoms with Crippen molar-refractivity contribution < 1.29 is 39.6 Å². The predicted molar refractivity (Wildman–Crippen MR) is 61.7 cm³/mol. The van der Waals surface area contributed by atoms with E-state index in [1.165, 1.54) is 0 Å². The molecule has 20 heavy (non-hydrogen) atoms. The van der Waals surface area contributed by atoms with E-state index < -0.39 is 48.1 Å². The Labute approximate surface area is 111 Å². The van der Waals surface area contributed by atoms with Crippen molar-refractivity contribution in [3.05, 3.63) is 0 Å². The van der Waals surface area contributed by atoms with Crippen LogP contribution in [0.1, 0.15) is 6.42 Å². The van der Waals surface area contributed by atoms with Crippen LogP contribution in [-0.4, -0.2) is 80.1 Å². The van der Waals surface area contributed by atoms with Gasteiger partial charge in [-0.05, 0) is 0 Å². The highest BCUT2D eigenvalue weighted by molar-refractivity contribution is 6.41. The molecule has 0 amide bonds. The van der Waals surface area contributed by atoms with Crippen LogP contribution in [0.4, 0.5) is 0 Å². The largest absolute Gasteiger partial charge is 0.481 e. The van der Waals surface area contributed by atoms with Crippen molar-refractivity contribution in [3.8, 4) is 0 Å². The van der Waals surface area contributed by atoms with Crippen LogP contribution in [0.5, 0.6) is 0 Å². The summed E-state index contributed by atoms with van der Waals surface area (Å²) >= 11 is 0. The summed E-state index contributed by atoms with van der Waals surface area (Å²) in [5, 5.41) is 35.7. The number of hydrogen-bond donors (Lipinski definition) is 4. The van der Waals surface area contributed by atoms with E-state index in [1.807, 2.05) is 0 Å². The molecule has 2 atom stereocenters.